The Balaban J connectivity index is 2.76. The molecule has 0 heterocycles. The quantitative estimate of drug-likeness (QED) is 0.519. The Hall–Kier alpha value is -2.68. The number of amides is 1. The predicted molar refractivity (Wildman–Crippen MR) is 107 cm³/mol. The predicted octanol–water partition coefficient (Wildman–Crippen LogP) is 1.91. The third kappa shape index (κ3) is 10.4. The van der Waals surface area contributed by atoms with E-state index in [1.54, 1.807) is 13.8 Å². The number of carbonyl (C=O) groups excluding carboxylic acids is 2. The van der Waals surface area contributed by atoms with Gasteiger partial charge in [0.05, 0.1) is 24.8 Å². The van der Waals surface area contributed by atoms with Crippen LogP contribution in [0, 0.1) is 11.8 Å². The van der Waals surface area contributed by atoms with Crippen LogP contribution in [0.5, 0.6) is 0 Å². The third-order valence-electron chi connectivity index (χ3n) is 4.05. The van der Waals surface area contributed by atoms with Gasteiger partial charge in [0, 0.05) is 11.7 Å². The van der Waals surface area contributed by atoms with Gasteiger partial charge in [0.2, 0.25) is 5.91 Å². The summed E-state index contributed by atoms with van der Waals surface area (Å²) in [6, 6.07) is 8.09. The van der Waals surface area contributed by atoms with Gasteiger partial charge >= 0.3 is 11.9 Å². The molecule has 0 aliphatic rings. The molecule has 1 aromatic rings. The molecule has 0 saturated heterocycles. The Kier molecular flexibility index (Phi) is 9.54. The number of hydrogen-bond acceptors (Lipinski definition) is 6. The maximum absolute atomic E-state index is 12.6. The van der Waals surface area contributed by atoms with Gasteiger partial charge < -0.3 is 15.2 Å². The van der Waals surface area contributed by atoms with Crippen molar-refractivity contribution in [2.75, 3.05) is 6.26 Å². The highest BCUT2D eigenvalue weighted by molar-refractivity contribution is 7.93. The van der Waals surface area contributed by atoms with E-state index in [0.717, 1.165) is 23.3 Å². The molecule has 0 saturated carbocycles. The fraction of sp³-hybridized carbons (Fsp3) is 0.450. The SMILES string of the molecule is CC(C)[C@H](CC(=O)OCc1ccccc1)C(=O)N[C@H](/C=C/S(C)(=O)=O)CC(=O)O. The number of hydrogen-bond donors (Lipinski definition) is 2. The van der Waals surface area contributed by atoms with Crippen molar-refractivity contribution in [2.24, 2.45) is 11.8 Å². The van der Waals surface area contributed by atoms with Crippen LogP contribution in [-0.2, 0) is 35.6 Å². The molecule has 8 nitrogen and oxygen atoms in total. The zero-order valence-corrected chi connectivity index (χ0v) is 17.5. The largest absolute Gasteiger partial charge is 0.481 e. The minimum atomic E-state index is -3.48. The summed E-state index contributed by atoms with van der Waals surface area (Å²) in [6.07, 6.45) is 1.42. The van der Waals surface area contributed by atoms with Crippen LogP contribution in [0.15, 0.2) is 41.8 Å². The lowest BCUT2D eigenvalue weighted by Crippen LogP contribution is -2.41. The molecule has 9 heteroatoms. The minimum absolute atomic E-state index is 0.0881. The number of benzene rings is 1. The van der Waals surface area contributed by atoms with E-state index in [1.165, 1.54) is 0 Å². The van der Waals surface area contributed by atoms with Gasteiger partial charge in [-0.2, -0.15) is 0 Å². The highest BCUT2D eigenvalue weighted by Crippen LogP contribution is 2.18. The van der Waals surface area contributed by atoms with E-state index in [4.69, 9.17) is 9.84 Å². The van der Waals surface area contributed by atoms with Crippen LogP contribution >= 0.6 is 0 Å². The second kappa shape index (κ2) is 11.4. The van der Waals surface area contributed by atoms with Crippen LogP contribution in [0.4, 0.5) is 0 Å². The van der Waals surface area contributed by atoms with Crippen molar-refractivity contribution in [2.45, 2.75) is 39.3 Å². The Labute approximate surface area is 170 Å². The molecule has 0 aliphatic carbocycles. The van der Waals surface area contributed by atoms with Gasteiger partial charge in [0.15, 0.2) is 9.84 Å². The monoisotopic (exact) mass is 425 g/mol. The summed E-state index contributed by atoms with van der Waals surface area (Å²) in [5, 5.41) is 12.3. The van der Waals surface area contributed by atoms with E-state index in [1.807, 2.05) is 30.3 Å². The van der Waals surface area contributed by atoms with Crippen molar-refractivity contribution in [3.8, 4) is 0 Å². The van der Waals surface area contributed by atoms with Crippen molar-refractivity contribution < 1.29 is 32.6 Å². The Bertz CT molecular complexity index is 832. The maximum Gasteiger partial charge on any atom is 0.306 e. The molecule has 29 heavy (non-hydrogen) atoms. The number of carboxylic acid groups (broad SMARTS) is 1. The lowest BCUT2D eigenvalue weighted by Gasteiger charge is -2.22. The fourth-order valence-electron chi connectivity index (χ4n) is 2.49. The van der Waals surface area contributed by atoms with Gasteiger partial charge in [0.1, 0.15) is 6.61 Å². The van der Waals surface area contributed by atoms with Crippen molar-refractivity contribution in [3.05, 3.63) is 47.4 Å². The lowest BCUT2D eigenvalue weighted by atomic mass is 9.91. The summed E-state index contributed by atoms with van der Waals surface area (Å²) in [6.45, 7) is 3.60. The average molecular weight is 426 g/mol. The zero-order chi connectivity index (χ0) is 22.0. The molecule has 0 aliphatic heterocycles. The minimum Gasteiger partial charge on any atom is -0.481 e. The first-order valence-corrected chi connectivity index (χ1v) is 11.0. The molecule has 0 radical (unpaired) electrons. The molecule has 0 fully saturated rings. The first-order chi connectivity index (χ1) is 13.5. The van der Waals surface area contributed by atoms with Crippen LogP contribution in [0.1, 0.15) is 32.3 Å². The molecule has 1 aromatic carbocycles. The smallest absolute Gasteiger partial charge is 0.306 e. The molecule has 160 valence electrons. The van der Waals surface area contributed by atoms with Gasteiger partial charge in [-0.15, -0.1) is 0 Å². The molecule has 0 spiro atoms. The van der Waals surface area contributed by atoms with E-state index in [2.05, 4.69) is 5.32 Å². The Morgan fingerprint density at radius 1 is 1.14 bits per heavy atom. The number of carbonyl (C=O) groups is 3. The van der Waals surface area contributed by atoms with Crippen LogP contribution in [0.2, 0.25) is 0 Å². The summed E-state index contributed by atoms with van der Waals surface area (Å²) in [4.78, 5) is 35.8. The number of nitrogens with one attached hydrogen (secondary N) is 1. The molecular weight excluding hydrogens is 398 g/mol. The first-order valence-electron chi connectivity index (χ1n) is 9.08. The number of esters is 1. The second-order valence-corrected chi connectivity index (χ2v) is 9.00. The average Bonchev–Trinajstić information content (AvgIpc) is 2.62. The topological polar surface area (TPSA) is 127 Å². The number of ether oxygens (including phenoxy) is 1. The number of rotatable bonds is 11. The molecular formula is C20H27NO7S. The first kappa shape index (κ1) is 24.4. The van der Waals surface area contributed by atoms with Gasteiger partial charge in [-0.05, 0) is 11.5 Å². The number of carboxylic acids is 1. The van der Waals surface area contributed by atoms with E-state index in [9.17, 15) is 22.8 Å². The standard InChI is InChI=1S/C20H27NO7S/c1-14(2)17(12-19(24)28-13-15-7-5-4-6-8-15)20(25)21-16(11-18(22)23)9-10-29(3,26)27/h4-10,14,16-17H,11-13H2,1-3H3,(H,21,25)(H,22,23)/b10-9+/t16-,17+/m1/s1. The fourth-order valence-corrected chi connectivity index (χ4v) is 2.97. The number of aliphatic carboxylic acids is 1. The van der Waals surface area contributed by atoms with Crippen molar-refractivity contribution >= 4 is 27.7 Å². The van der Waals surface area contributed by atoms with E-state index in [0.29, 0.717) is 0 Å². The summed E-state index contributed by atoms with van der Waals surface area (Å²) >= 11 is 0. The van der Waals surface area contributed by atoms with Crippen molar-refractivity contribution in [1.82, 2.24) is 5.32 Å². The molecule has 2 N–H and O–H groups in total. The van der Waals surface area contributed by atoms with Gasteiger partial charge in [0.25, 0.3) is 0 Å². The van der Waals surface area contributed by atoms with Gasteiger partial charge in [-0.3, -0.25) is 14.4 Å². The molecule has 0 aromatic heterocycles. The maximum atomic E-state index is 12.6. The summed E-state index contributed by atoms with van der Waals surface area (Å²) < 4.78 is 27.8. The van der Waals surface area contributed by atoms with Crippen LogP contribution < -0.4 is 5.32 Å². The van der Waals surface area contributed by atoms with E-state index >= 15 is 0 Å². The van der Waals surface area contributed by atoms with Crippen LogP contribution in [-0.4, -0.2) is 43.7 Å². The van der Waals surface area contributed by atoms with Gasteiger partial charge in [-0.25, -0.2) is 8.42 Å². The summed E-state index contributed by atoms with van der Waals surface area (Å²) in [5.74, 6) is -3.26. The number of sulfone groups is 1. The van der Waals surface area contributed by atoms with E-state index in [-0.39, 0.29) is 18.9 Å². The Morgan fingerprint density at radius 3 is 2.28 bits per heavy atom. The normalized spacial score (nSPS) is 13.8. The summed E-state index contributed by atoms with van der Waals surface area (Å²) in [7, 11) is -3.48. The van der Waals surface area contributed by atoms with Crippen molar-refractivity contribution in [1.29, 1.82) is 0 Å². The molecule has 1 amide bonds. The molecule has 1 rings (SSSR count). The highest BCUT2D eigenvalue weighted by Gasteiger charge is 2.28. The third-order valence-corrected chi connectivity index (χ3v) is 4.70. The zero-order valence-electron chi connectivity index (χ0n) is 16.7. The molecule has 0 unspecified atom stereocenters. The van der Waals surface area contributed by atoms with Crippen molar-refractivity contribution in [3.63, 3.8) is 0 Å². The highest BCUT2D eigenvalue weighted by atomic mass is 32.2. The second-order valence-electron chi connectivity index (χ2n) is 7.07. The summed E-state index contributed by atoms with van der Waals surface area (Å²) in [5.41, 5.74) is 0.818. The molecule has 2 atom stereocenters. The van der Waals surface area contributed by atoms with Gasteiger partial charge in [-0.1, -0.05) is 50.3 Å². The lowest BCUT2D eigenvalue weighted by molar-refractivity contribution is -0.149. The van der Waals surface area contributed by atoms with Crippen LogP contribution in [0.3, 0.4) is 0 Å². The van der Waals surface area contributed by atoms with Crippen LogP contribution in [0.25, 0.3) is 0 Å². The Morgan fingerprint density at radius 2 is 1.76 bits per heavy atom. The van der Waals surface area contributed by atoms with E-state index < -0.39 is 46.1 Å². The molecule has 0 bridgehead atoms.